The summed E-state index contributed by atoms with van der Waals surface area (Å²) >= 11 is 0. The molecule has 18 heavy (non-hydrogen) atoms. The van der Waals surface area contributed by atoms with Crippen LogP contribution in [-0.2, 0) is 11.2 Å². The van der Waals surface area contributed by atoms with Gasteiger partial charge in [-0.15, -0.1) is 0 Å². The molecule has 2 heteroatoms. The summed E-state index contributed by atoms with van der Waals surface area (Å²) in [5.74, 6) is 0.672. The van der Waals surface area contributed by atoms with Gasteiger partial charge in [-0.3, -0.25) is 0 Å². The van der Waals surface area contributed by atoms with E-state index in [9.17, 15) is 0 Å². The van der Waals surface area contributed by atoms with Crippen molar-refractivity contribution in [3.8, 4) is 0 Å². The van der Waals surface area contributed by atoms with Crippen molar-refractivity contribution in [1.82, 2.24) is 5.32 Å². The third-order valence-electron chi connectivity index (χ3n) is 3.66. The van der Waals surface area contributed by atoms with Crippen LogP contribution in [0.15, 0.2) is 30.3 Å². The van der Waals surface area contributed by atoms with Crippen LogP contribution in [0.5, 0.6) is 0 Å². The highest BCUT2D eigenvalue weighted by molar-refractivity contribution is 5.14. The van der Waals surface area contributed by atoms with Crippen molar-refractivity contribution in [2.75, 3.05) is 20.8 Å². The third kappa shape index (κ3) is 5.65. The molecule has 0 aliphatic carbocycles. The minimum absolute atomic E-state index is 0.601. The molecule has 1 aromatic carbocycles. The van der Waals surface area contributed by atoms with E-state index in [-0.39, 0.29) is 0 Å². The van der Waals surface area contributed by atoms with E-state index in [1.54, 1.807) is 7.11 Å². The van der Waals surface area contributed by atoms with E-state index in [1.807, 2.05) is 0 Å². The molecule has 0 aliphatic heterocycles. The topological polar surface area (TPSA) is 21.3 Å². The number of ether oxygens (including phenoxy) is 1. The second kappa shape index (κ2) is 9.12. The normalized spacial score (nSPS) is 14.4. The van der Waals surface area contributed by atoms with E-state index in [2.05, 4.69) is 49.6 Å². The molecule has 2 atom stereocenters. The Labute approximate surface area is 112 Å². The Balaban J connectivity index is 2.26. The average Bonchev–Trinajstić information content (AvgIpc) is 2.42. The minimum atomic E-state index is 0.601. The van der Waals surface area contributed by atoms with Gasteiger partial charge in [0.15, 0.2) is 0 Å². The Bertz CT molecular complexity index is 299. The molecule has 0 fully saturated rings. The molecule has 1 aromatic rings. The highest BCUT2D eigenvalue weighted by Crippen LogP contribution is 2.15. The summed E-state index contributed by atoms with van der Waals surface area (Å²) in [6, 6.07) is 11.3. The maximum Gasteiger partial charge on any atom is 0.0465 e. The molecule has 2 unspecified atom stereocenters. The summed E-state index contributed by atoms with van der Waals surface area (Å²) in [6.45, 7) is 3.17. The molecule has 0 heterocycles. The van der Waals surface area contributed by atoms with Crippen LogP contribution in [0.2, 0.25) is 0 Å². The Morgan fingerprint density at radius 3 is 2.50 bits per heavy atom. The molecular weight excluding hydrogens is 222 g/mol. The van der Waals surface area contributed by atoms with Crippen molar-refractivity contribution in [3.05, 3.63) is 35.9 Å². The number of methoxy groups -OCH3 is 1. The van der Waals surface area contributed by atoms with Crippen LogP contribution in [0.3, 0.4) is 0 Å². The summed E-state index contributed by atoms with van der Waals surface area (Å²) in [5, 5.41) is 3.44. The predicted molar refractivity (Wildman–Crippen MR) is 77.9 cm³/mol. The van der Waals surface area contributed by atoms with E-state index in [0.717, 1.165) is 13.0 Å². The van der Waals surface area contributed by atoms with Gasteiger partial charge in [0.2, 0.25) is 0 Å². The first-order valence-electron chi connectivity index (χ1n) is 6.98. The molecule has 1 rings (SSSR count). The van der Waals surface area contributed by atoms with Gasteiger partial charge in [-0.25, -0.2) is 0 Å². The van der Waals surface area contributed by atoms with Crippen molar-refractivity contribution in [2.45, 2.75) is 38.6 Å². The zero-order valence-corrected chi connectivity index (χ0v) is 12.0. The van der Waals surface area contributed by atoms with Crippen LogP contribution in [0, 0.1) is 5.92 Å². The third-order valence-corrected chi connectivity index (χ3v) is 3.66. The Morgan fingerprint density at radius 2 is 1.89 bits per heavy atom. The second-order valence-electron chi connectivity index (χ2n) is 5.03. The van der Waals surface area contributed by atoms with Gasteiger partial charge in [0.05, 0.1) is 0 Å². The zero-order valence-electron chi connectivity index (χ0n) is 12.0. The fourth-order valence-electron chi connectivity index (χ4n) is 2.39. The van der Waals surface area contributed by atoms with Crippen molar-refractivity contribution < 1.29 is 4.74 Å². The highest BCUT2D eigenvalue weighted by atomic mass is 16.5. The molecule has 102 valence electrons. The zero-order chi connectivity index (χ0) is 13.2. The standard InChI is InChI=1S/C16H27NO/c1-14(12-13-18-3)16(17-2)11-7-10-15-8-5-4-6-9-15/h4-6,8-9,14,16-17H,7,10-13H2,1-3H3. The van der Waals surface area contributed by atoms with Crippen molar-refractivity contribution in [2.24, 2.45) is 5.92 Å². The maximum absolute atomic E-state index is 5.15. The SMILES string of the molecule is CNC(CCCc1ccccc1)C(C)CCOC. The van der Waals surface area contributed by atoms with Crippen molar-refractivity contribution in [3.63, 3.8) is 0 Å². The first-order valence-corrected chi connectivity index (χ1v) is 6.98. The van der Waals surface area contributed by atoms with Crippen LogP contribution in [-0.4, -0.2) is 26.8 Å². The fraction of sp³-hybridized carbons (Fsp3) is 0.625. The van der Waals surface area contributed by atoms with Crippen molar-refractivity contribution in [1.29, 1.82) is 0 Å². The van der Waals surface area contributed by atoms with Gasteiger partial charge in [-0.05, 0) is 44.2 Å². The monoisotopic (exact) mass is 249 g/mol. The Kier molecular flexibility index (Phi) is 7.70. The lowest BCUT2D eigenvalue weighted by Crippen LogP contribution is -2.32. The van der Waals surface area contributed by atoms with E-state index >= 15 is 0 Å². The maximum atomic E-state index is 5.15. The lowest BCUT2D eigenvalue weighted by atomic mass is 9.93. The fourth-order valence-corrected chi connectivity index (χ4v) is 2.39. The lowest BCUT2D eigenvalue weighted by Gasteiger charge is -2.23. The molecule has 2 nitrogen and oxygen atoms in total. The quantitative estimate of drug-likeness (QED) is 0.725. The smallest absolute Gasteiger partial charge is 0.0465 e. The van der Waals surface area contributed by atoms with Gasteiger partial charge < -0.3 is 10.1 Å². The number of benzene rings is 1. The summed E-state index contributed by atoms with van der Waals surface area (Å²) in [4.78, 5) is 0. The van der Waals surface area contributed by atoms with Gasteiger partial charge in [-0.1, -0.05) is 37.3 Å². The van der Waals surface area contributed by atoms with Crippen LogP contribution in [0.1, 0.15) is 31.7 Å². The highest BCUT2D eigenvalue weighted by Gasteiger charge is 2.14. The van der Waals surface area contributed by atoms with Crippen LogP contribution >= 0.6 is 0 Å². The number of hydrogen-bond acceptors (Lipinski definition) is 2. The summed E-state index contributed by atoms with van der Waals surface area (Å²) in [6.07, 6.45) is 4.78. The second-order valence-corrected chi connectivity index (χ2v) is 5.03. The molecule has 0 amide bonds. The molecule has 1 N–H and O–H groups in total. The van der Waals surface area contributed by atoms with E-state index in [1.165, 1.54) is 24.8 Å². The first-order chi connectivity index (χ1) is 8.77. The van der Waals surface area contributed by atoms with Gasteiger partial charge in [0.25, 0.3) is 0 Å². The van der Waals surface area contributed by atoms with Crippen LogP contribution in [0.4, 0.5) is 0 Å². The number of nitrogens with one attached hydrogen (secondary N) is 1. The molecule has 0 spiro atoms. The Morgan fingerprint density at radius 1 is 1.17 bits per heavy atom. The van der Waals surface area contributed by atoms with E-state index < -0.39 is 0 Å². The largest absolute Gasteiger partial charge is 0.385 e. The van der Waals surface area contributed by atoms with Crippen LogP contribution in [0.25, 0.3) is 0 Å². The summed E-state index contributed by atoms with van der Waals surface area (Å²) in [5.41, 5.74) is 1.44. The molecule has 0 saturated heterocycles. The van der Waals surface area contributed by atoms with Gasteiger partial charge in [0, 0.05) is 19.8 Å². The molecule has 0 bridgehead atoms. The lowest BCUT2D eigenvalue weighted by molar-refractivity contribution is 0.169. The predicted octanol–water partition coefficient (Wildman–Crippen LogP) is 3.27. The van der Waals surface area contributed by atoms with Crippen molar-refractivity contribution >= 4 is 0 Å². The number of aryl methyl sites for hydroxylation is 1. The Hall–Kier alpha value is -0.860. The van der Waals surface area contributed by atoms with E-state index in [0.29, 0.717) is 12.0 Å². The molecule has 0 aromatic heterocycles. The minimum Gasteiger partial charge on any atom is -0.385 e. The van der Waals surface area contributed by atoms with Gasteiger partial charge in [0.1, 0.15) is 0 Å². The number of rotatable bonds is 9. The average molecular weight is 249 g/mol. The van der Waals surface area contributed by atoms with Crippen LogP contribution < -0.4 is 5.32 Å². The summed E-state index contributed by atoms with van der Waals surface area (Å²) < 4.78 is 5.15. The van der Waals surface area contributed by atoms with E-state index in [4.69, 9.17) is 4.74 Å². The number of hydrogen-bond donors (Lipinski definition) is 1. The van der Waals surface area contributed by atoms with Gasteiger partial charge >= 0.3 is 0 Å². The van der Waals surface area contributed by atoms with Gasteiger partial charge in [-0.2, -0.15) is 0 Å². The molecule has 0 saturated carbocycles. The molecule has 0 radical (unpaired) electrons. The first kappa shape index (κ1) is 15.2. The molecular formula is C16H27NO. The molecule has 0 aliphatic rings. The summed E-state index contributed by atoms with van der Waals surface area (Å²) in [7, 11) is 3.84.